The van der Waals surface area contributed by atoms with Crippen molar-refractivity contribution < 1.29 is 38.5 Å². The molecule has 4 aliphatic heterocycles. The number of aliphatic hydroxyl groups is 1. The van der Waals surface area contributed by atoms with Gasteiger partial charge in [0.2, 0.25) is 11.8 Å². The highest BCUT2D eigenvalue weighted by Gasteiger charge is 2.66. The minimum atomic E-state index is -2.51. The highest BCUT2D eigenvalue weighted by Crippen LogP contribution is 2.60. The van der Waals surface area contributed by atoms with Crippen LogP contribution in [0.3, 0.4) is 0 Å². The lowest BCUT2D eigenvalue weighted by atomic mass is 9.82. The predicted octanol–water partition coefficient (Wildman–Crippen LogP) is 5.11. The number of carbonyl (C=O) groups excluding carboxylic acids is 4. The van der Waals surface area contributed by atoms with Gasteiger partial charge in [0.05, 0.1) is 59.0 Å². The highest BCUT2D eigenvalue weighted by molar-refractivity contribution is 6.91. The third-order valence-corrected chi connectivity index (χ3v) is 16.4. The summed E-state index contributed by atoms with van der Waals surface area (Å²) in [6, 6.07) is 20.6. The maximum absolute atomic E-state index is 15.2. The van der Waals surface area contributed by atoms with Gasteiger partial charge in [0.15, 0.2) is 11.8 Å². The van der Waals surface area contributed by atoms with Crippen LogP contribution in [0.2, 0.25) is 23.7 Å². The van der Waals surface area contributed by atoms with E-state index < -0.39 is 32.0 Å². The number of benzene rings is 3. The molecule has 1 spiro atoms. The van der Waals surface area contributed by atoms with E-state index in [4.69, 9.17) is 25.8 Å². The van der Waals surface area contributed by atoms with Crippen LogP contribution in [0.1, 0.15) is 50.7 Å². The maximum Gasteiger partial charge on any atom is 0.304 e. The van der Waals surface area contributed by atoms with Gasteiger partial charge in [-0.25, -0.2) is 0 Å². The molecule has 280 valence electrons. The van der Waals surface area contributed by atoms with E-state index >= 15 is 4.79 Å². The second-order valence-corrected chi connectivity index (χ2v) is 20.3. The predicted molar refractivity (Wildman–Crippen MR) is 203 cm³/mol. The second kappa shape index (κ2) is 14.2. The zero-order valence-electron chi connectivity index (χ0n) is 30.7. The molecule has 3 fully saturated rings. The van der Waals surface area contributed by atoms with Gasteiger partial charge < -0.3 is 29.1 Å². The van der Waals surface area contributed by atoms with Crippen molar-refractivity contribution in [2.24, 2.45) is 5.92 Å². The Balaban J connectivity index is 1.27. The van der Waals surface area contributed by atoms with Crippen LogP contribution in [0.5, 0.6) is 5.75 Å². The zero-order valence-corrected chi connectivity index (χ0v) is 32.5. The fraction of sp³-hybridized carbons (Fsp3) is 0.450. The first-order valence-electron chi connectivity index (χ1n) is 18.2. The molecule has 3 aromatic carbocycles. The van der Waals surface area contributed by atoms with Gasteiger partial charge in [-0.2, -0.15) is 0 Å². The van der Waals surface area contributed by atoms with Gasteiger partial charge >= 0.3 is 5.97 Å². The van der Waals surface area contributed by atoms with Crippen LogP contribution in [0.25, 0.3) is 0 Å². The molecule has 13 heteroatoms. The van der Waals surface area contributed by atoms with Crippen molar-refractivity contribution in [2.75, 3.05) is 30.1 Å². The van der Waals surface area contributed by atoms with Crippen molar-refractivity contribution in [1.82, 2.24) is 4.90 Å². The van der Waals surface area contributed by atoms with Crippen molar-refractivity contribution in [3.05, 3.63) is 82.9 Å². The molecule has 3 aromatic rings. The summed E-state index contributed by atoms with van der Waals surface area (Å²) in [6.45, 7) is 8.58. The maximum atomic E-state index is 15.2. The van der Waals surface area contributed by atoms with Crippen molar-refractivity contribution in [2.45, 2.75) is 88.7 Å². The molecule has 4 heterocycles. The van der Waals surface area contributed by atoms with Gasteiger partial charge in [-0.3, -0.25) is 24.1 Å². The summed E-state index contributed by atoms with van der Waals surface area (Å²) >= 11 is 6.67. The number of hydrogen-bond donors (Lipinski definition) is 1. The summed E-state index contributed by atoms with van der Waals surface area (Å²) in [6.07, 6.45) is 0.509. The number of halogens is 1. The van der Waals surface area contributed by atoms with E-state index in [0.29, 0.717) is 28.5 Å². The van der Waals surface area contributed by atoms with E-state index in [9.17, 15) is 19.5 Å². The summed E-state index contributed by atoms with van der Waals surface area (Å²) in [5.41, 5.74) is 1.09. The zero-order chi connectivity index (χ0) is 37.8. The van der Waals surface area contributed by atoms with E-state index in [1.54, 1.807) is 29.0 Å². The minimum absolute atomic E-state index is 0.0818. The Labute approximate surface area is 315 Å². The number of methoxy groups -OCH3 is 1. The van der Waals surface area contributed by atoms with E-state index in [1.807, 2.05) is 42.5 Å². The highest BCUT2D eigenvalue weighted by atomic mass is 35.5. The third-order valence-electron chi connectivity index (χ3n) is 11.8. The first kappa shape index (κ1) is 37.1. The SMILES string of the molecule is COc1ccc([Si](C)(C)[C@H]2[C@H](CC(=O)N3CCC[C@H]3CO)O[C@@]3(C(=O)N(Cc4cccc(N5C(=O)CC5OC(C)=O)c4)c4ccc(Cl)cc43)[C@@H]2C)cc1. The first-order valence-corrected chi connectivity index (χ1v) is 21.7. The molecule has 0 aromatic heterocycles. The Morgan fingerprint density at radius 3 is 2.51 bits per heavy atom. The molecule has 0 radical (unpaired) electrons. The smallest absolute Gasteiger partial charge is 0.304 e. The van der Waals surface area contributed by atoms with E-state index in [1.165, 1.54) is 11.8 Å². The number of carbonyl (C=O) groups is 4. The van der Waals surface area contributed by atoms with E-state index in [0.717, 1.165) is 29.3 Å². The van der Waals surface area contributed by atoms with Crippen LogP contribution in [0.4, 0.5) is 11.4 Å². The van der Waals surface area contributed by atoms with Gasteiger partial charge in [-0.05, 0) is 66.4 Å². The Morgan fingerprint density at radius 2 is 1.83 bits per heavy atom. The molecule has 4 aliphatic rings. The Morgan fingerprint density at radius 1 is 1.08 bits per heavy atom. The molecular weight excluding hydrogens is 714 g/mol. The number of hydrogen-bond acceptors (Lipinski definition) is 8. The number of likely N-dealkylation sites (tertiary alicyclic amines) is 1. The lowest BCUT2D eigenvalue weighted by Gasteiger charge is -2.39. The average Bonchev–Trinajstić information content (AvgIpc) is 3.78. The number of esters is 1. The number of amides is 3. The summed E-state index contributed by atoms with van der Waals surface area (Å²) in [7, 11) is -0.881. The number of anilines is 2. The van der Waals surface area contributed by atoms with Crippen molar-refractivity contribution in [3.63, 3.8) is 0 Å². The van der Waals surface area contributed by atoms with Crippen LogP contribution < -0.4 is 19.7 Å². The number of rotatable bonds is 10. The normalized spacial score (nSPS) is 26.6. The molecule has 3 amide bonds. The topological polar surface area (TPSA) is 126 Å². The summed E-state index contributed by atoms with van der Waals surface area (Å²) in [5.74, 6) is -0.551. The minimum Gasteiger partial charge on any atom is -0.497 e. The fourth-order valence-electron chi connectivity index (χ4n) is 9.26. The standard InChI is InChI=1S/C40H46ClN3O8Si/c1-24-38(53(4,5)31-14-12-30(50-3)13-15-31)34(20-35(47)42-17-7-10-29(42)23-45)52-40(24)32-19-27(41)11-16-33(32)43(39(40)49)22-26-8-6-9-28(18-26)44-36(48)21-37(44)51-25(2)46/h6,8-9,11-16,18-19,24,29,34,37-38,45H,7,10,17,20-23H2,1-5H3/t24-,29+,34+,37?,38-,40+/m1/s1. The van der Waals surface area contributed by atoms with Crippen molar-refractivity contribution >= 4 is 59.9 Å². The molecule has 1 unspecified atom stereocenters. The Bertz CT molecular complexity index is 1940. The molecule has 1 N–H and O–H groups in total. The number of fused-ring (bicyclic) bond motifs is 2. The average molecular weight is 760 g/mol. The van der Waals surface area contributed by atoms with Gasteiger partial charge in [-0.15, -0.1) is 0 Å². The largest absolute Gasteiger partial charge is 0.497 e. The fourth-order valence-corrected chi connectivity index (χ4v) is 13.4. The monoisotopic (exact) mass is 759 g/mol. The molecule has 0 bridgehead atoms. The van der Waals surface area contributed by atoms with Crippen molar-refractivity contribution in [1.29, 1.82) is 0 Å². The summed E-state index contributed by atoms with van der Waals surface area (Å²) in [4.78, 5) is 58.5. The first-order chi connectivity index (χ1) is 25.3. The molecule has 11 nitrogen and oxygen atoms in total. The molecule has 0 saturated carbocycles. The molecular formula is C40H46ClN3O8Si. The van der Waals surface area contributed by atoms with E-state index in [2.05, 4.69) is 32.2 Å². The number of aliphatic hydroxyl groups excluding tert-OH is 1. The van der Waals surface area contributed by atoms with Gasteiger partial charge in [0.1, 0.15) is 5.75 Å². The van der Waals surface area contributed by atoms with Gasteiger partial charge in [0, 0.05) is 35.7 Å². The Kier molecular flexibility index (Phi) is 9.94. The van der Waals surface area contributed by atoms with Crippen LogP contribution in [0, 0.1) is 5.92 Å². The summed E-state index contributed by atoms with van der Waals surface area (Å²) in [5, 5.41) is 11.7. The molecule has 53 heavy (non-hydrogen) atoms. The second-order valence-electron chi connectivity index (χ2n) is 15.2. The quantitative estimate of drug-likeness (QED) is 0.172. The molecule has 7 rings (SSSR count). The summed E-state index contributed by atoms with van der Waals surface area (Å²) < 4.78 is 17.9. The third kappa shape index (κ3) is 6.33. The van der Waals surface area contributed by atoms with Crippen LogP contribution in [0.15, 0.2) is 66.7 Å². The lowest BCUT2D eigenvalue weighted by Crippen LogP contribution is -2.54. The van der Waals surface area contributed by atoms with Crippen molar-refractivity contribution in [3.8, 4) is 5.75 Å². The van der Waals surface area contributed by atoms with Gasteiger partial charge in [-0.1, -0.05) is 61.1 Å². The van der Waals surface area contributed by atoms with Gasteiger partial charge in [0.25, 0.3) is 5.91 Å². The Hall–Kier alpha value is -4.23. The van der Waals surface area contributed by atoms with Crippen LogP contribution >= 0.6 is 11.6 Å². The lowest BCUT2D eigenvalue weighted by molar-refractivity contribution is -0.154. The van der Waals surface area contributed by atoms with Crippen LogP contribution in [-0.4, -0.2) is 80.4 Å². The molecule has 0 aliphatic carbocycles. The molecule has 3 saturated heterocycles. The van der Waals surface area contributed by atoms with Crippen LogP contribution in [-0.2, 0) is 40.8 Å². The molecule has 6 atom stereocenters. The number of ether oxygens (including phenoxy) is 3. The van der Waals surface area contributed by atoms with E-state index in [-0.39, 0.29) is 61.2 Å². The number of β-lactam (4-membered cyclic amide) rings is 1. The number of nitrogens with zero attached hydrogens (tertiary/aromatic N) is 3.